The maximum absolute atomic E-state index is 13.6. The van der Waals surface area contributed by atoms with E-state index in [1.54, 1.807) is 18.3 Å². The van der Waals surface area contributed by atoms with Crippen LogP contribution in [-0.2, 0) is 0 Å². The molecule has 3 rings (SSSR count). The molecular weight excluding hydrogens is 335 g/mol. The number of aryl methyl sites for hydroxylation is 1. The van der Waals surface area contributed by atoms with Crippen molar-refractivity contribution < 1.29 is 9.18 Å². The molecule has 2 aromatic carbocycles. The molecule has 1 heterocycles. The molecule has 0 radical (unpaired) electrons. The zero-order valence-electron chi connectivity index (χ0n) is 11.2. The van der Waals surface area contributed by atoms with E-state index in [2.05, 4.69) is 26.2 Å². The molecule has 0 saturated heterocycles. The van der Waals surface area contributed by atoms with Crippen LogP contribution in [0.15, 0.2) is 47.1 Å². The van der Waals surface area contributed by atoms with E-state index in [1.165, 1.54) is 6.07 Å². The Labute approximate surface area is 129 Å². The van der Waals surface area contributed by atoms with E-state index in [0.717, 1.165) is 16.5 Å². The molecule has 0 fully saturated rings. The number of carbonyl (C=O) groups excluding carboxylic acids is 1. The van der Waals surface area contributed by atoms with Gasteiger partial charge in [0, 0.05) is 28.4 Å². The van der Waals surface area contributed by atoms with Gasteiger partial charge in [0.25, 0.3) is 5.91 Å². The number of fused-ring (bicyclic) bond motifs is 1. The predicted octanol–water partition coefficient (Wildman–Crippen LogP) is 4.63. The Balaban J connectivity index is 1.97. The monoisotopic (exact) mass is 346 g/mol. The Bertz CT molecular complexity index is 841. The third-order valence-corrected chi connectivity index (χ3v) is 3.96. The van der Waals surface area contributed by atoms with Crippen LogP contribution in [0.5, 0.6) is 0 Å². The zero-order chi connectivity index (χ0) is 15.0. The quantitative estimate of drug-likeness (QED) is 0.698. The van der Waals surface area contributed by atoms with Gasteiger partial charge in [-0.2, -0.15) is 0 Å². The van der Waals surface area contributed by atoms with Crippen molar-refractivity contribution in [3.05, 3.63) is 64.0 Å². The van der Waals surface area contributed by atoms with Crippen LogP contribution < -0.4 is 5.32 Å². The van der Waals surface area contributed by atoms with E-state index in [4.69, 9.17) is 0 Å². The second kappa shape index (κ2) is 5.33. The molecule has 5 heteroatoms. The predicted molar refractivity (Wildman–Crippen MR) is 85.1 cm³/mol. The molecule has 106 valence electrons. The average Bonchev–Trinajstić information content (AvgIpc) is 2.92. The summed E-state index contributed by atoms with van der Waals surface area (Å²) in [6.07, 6.45) is 1.78. The number of H-pyrrole nitrogens is 1. The summed E-state index contributed by atoms with van der Waals surface area (Å²) in [5, 5.41) is 3.60. The fraction of sp³-hybridized carbons (Fsp3) is 0.0625. The van der Waals surface area contributed by atoms with Crippen molar-refractivity contribution in [1.82, 2.24) is 4.98 Å². The largest absolute Gasteiger partial charge is 0.361 e. The van der Waals surface area contributed by atoms with Gasteiger partial charge in [0.2, 0.25) is 0 Å². The van der Waals surface area contributed by atoms with E-state index in [0.29, 0.717) is 15.7 Å². The molecule has 2 N–H and O–H groups in total. The van der Waals surface area contributed by atoms with Gasteiger partial charge in [0.1, 0.15) is 5.82 Å². The summed E-state index contributed by atoms with van der Waals surface area (Å²) in [5.74, 6) is -0.666. The minimum atomic E-state index is -0.407. The molecule has 0 unspecified atom stereocenters. The van der Waals surface area contributed by atoms with E-state index >= 15 is 0 Å². The number of hydrogen-bond donors (Lipinski definition) is 2. The highest BCUT2D eigenvalue weighted by molar-refractivity contribution is 9.10. The summed E-state index contributed by atoms with van der Waals surface area (Å²) >= 11 is 3.13. The van der Waals surface area contributed by atoms with Gasteiger partial charge in [-0.15, -0.1) is 0 Å². The lowest BCUT2D eigenvalue weighted by atomic mass is 10.1. The van der Waals surface area contributed by atoms with Crippen LogP contribution in [0.3, 0.4) is 0 Å². The highest BCUT2D eigenvalue weighted by Crippen LogP contribution is 2.25. The first kappa shape index (κ1) is 13.8. The molecule has 0 spiro atoms. The van der Waals surface area contributed by atoms with Gasteiger partial charge in [-0.3, -0.25) is 4.79 Å². The highest BCUT2D eigenvalue weighted by Gasteiger charge is 2.13. The summed E-state index contributed by atoms with van der Waals surface area (Å²) in [4.78, 5) is 15.5. The van der Waals surface area contributed by atoms with Crippen molar-refractivity contribution in [3.63, 3.8) is 0 Å². The van der Waals surface area contributed by atoms with Gasteiger partial charge >= 0.3 is 0 Å². The Hall–Kier alpha value is -2.14. The molecule has 1 aromatic heterocycles. The van der Waals surface area contributed by atoms with Crippen LogP contribution in [0.1, 0.15) is 15.9 Å². The first-order valence-electron chi connectivity index (χ1n) is 6.39. The van der Waals surface area contributed by atoms with Crippen molar-refractivity contribution in [2.24, 2.45) is 0 Å². The summed E-state index contributed by atoms with van der Waals surface area (Å²) in [7, 11) is 0. The van der Waals surface area contributed by atoms with Gasteiger partial charge in [0.15, 0.2) is 0 Å². The lowest BCUT2D eigenvalue weighted by Gasteiger charge is -2.10. The third kappa shape index (κ3) is 2.56. The normalized spacial score (nSPS) is 10.8. The van der Waals surface area contributed by atoms with Gasteiger partial charge in [-0.05, 0) is 58.7 Å². The Kier molecular flexibility index (Phi) is 3.51. The van der Waals surface area contributed by atoms with Crippen molar-refractivity contribution >= 4 is 38.4 Å². The highest BCUT2D eigenvalue weighted by atomic mass is 79.9. The van der Waals surface area contributed by atoms with Crippen LogP contribution >= 0.6 is 15.9 Å². The lowest BCUT2D eigenvalue weighted by molar-refractivity contribution is 0.102. The number of anilines is 1. The topological polar surface area (TPSA) is 44.9 Å². The van der Waals surface area contributed by atoms with Crippen molar-refractivity contribution in [2.75, 3.05) is 5.32 Å². The van der Waals surface area contributed by atoms with Crippen molar-refractivity contribution in [2.45, 2.75) is 6.92 Å². The van der Waals surface area contributed by atoms with E-state index < -0.39 is 5.82 Å². The number of aromatic nitrogens is 1. The third-order valence-electron chi connectivity index (χ3n) is 3.36. The number of benzene rings is 2. The summed E-state index contributed by atoms with van der Waals surface area (Å²) in [6, 6.07) is 10.3. The van der Waals surface area contributed by atoms with E-state index in [-0.39, 0.29) is 5.91 Å². The van der Waals surface area contributed by atoms with Crippen LogP contribution in [0.25, 0.3) is 10.9 Å². The van der Waals surface area contributed by atoms with Gasteiger partial charge < -0.3 is 10.3 Å². The Morgan fingerprint density at radius 3 is 2.90 bits per heavy atom. The molecule has 0 bridgehead atoms. The molecule has 3 nitrogen and oxygen atoms in total. The number of halogens is 2. The minimum absolute atomic E-state index is 0.259. The first-order valence-corrected chi connectivity index (χ1v) is 7.18. The lowest BCUT2D eigenvalue weighted by Crippen LogP contribution is -2.13. The van der Waals surface area contributed by atoms with E-state index in [1.807, 2.05) is 25.1 Å². The molecular formula is C16H12BrFN2O. The van der Waals surface area contributed by atoms with Crippen LogP contribution in [0, 0.1) is 12.7 Å². The molecule has 21 heavy (non-hydrogen) atoms. The molecule has 0 saturated carbocycles. The molecule has 0 aliphatic rings. The fourth-order valence-electron chi connectivity index (χ4n) is 2.25. The van der Waals surface area contributed by atoms with Crippen molar-refractivity contribution in [3.8, 4) is 0 Å². The van der Waals surface area contributed by atoms with E-state index in [9.17, 15) is 9.18 Å². The molecule has 0 atom stereocenters. The molecule has 1 amide bonds. The molecule has 0 aliphatic heterocycles. The Morgan fingerprint density at radius 1 is 1.29 bits per heavy atom. The van der Waals surface area contributed by atoms with Crippen molar-refractivity contribution in [1.29, 1.82) is 0 Å². The number of carbonyl (C=O) groups is 1. The number of aromatic amines is 1. The van der Waals surface area contributed by atoms with Crippen LogP contribution in [0.2, 0.25) is 0 Å². The second-order valence-corrected chi connectivity index (χ2v) is 5.63. The average molecular weight is 347 g/mol. The summed E-state index contributed by atoms with van der Waals surface area (Å²) in [5.41, 5.74) is 2.70. The second-order valence-electron chi connectivity index (χ2n) is 4.78. The summed E-state index contributed by atoms with van der Waals surface area (Å²) < 4.78 is 14.0. The minimum Gasteiger partial charge on any atom is -0.361 e. The smallest absolute Gasteiger partial charge is 0.256 e. The number of nitrogens with one attached hydrogen (secondary N) is 2. The fourth-order valence-corrected chi connectivity index (χ4v) is 2.71. The van der Waals surface area contributed by atoms with Gasteiger partial charge in [0.05, 0.1) is 4.47 Å². The van der Waals surface area contributed by atoms with Crippen LogP contribution in [-0.4, -0.2) is 10.9 Å². The maximum atomic E-state index is 13.6. The van der Waals surface area contributed by atoms with Gasteiger partial charge in [-0.1, -0.05) is 6.07 Å². The number of rotatable bonds is 2. The zero-order valence-corrected chi connectivity index (χ0v) is 12.8. The first-order chi connectivity index (χ1) is 10.1. The van der Waals surface area contributed by atoms with Gasteiger partial charge in [-0.25, -0.2) is 4.39 Å². The standard InChI is InChI=1S/C16H12BrFN2O/c1-9-7-12(17)13(18)8-15(9)20-16(21)11-3-2-4-14-10(11)5-6-19-14/h2-8,19H,1H3,(H,20,21). The number of hydrogen-bond acceptors (Lipinski definition) is 1. The maximum Gasteiger partial charge on any atom is 0.256 e. The SMILES string of the molecule is Cc1cc(Br)c(F)cc1NC(=O)c1cccc2[nH]ccc12. The molecule has 3 aromatic rings. The summed E-state index contributed by atoms with van der Waals surface area (Å²) in [6.45, 7) is 1.82. The Morgan fingerprint density at radius 2 is 2.10 bits per heavy atom. The van der Waals surface area contributed by atoms with Crippen LogP contribution in [0.4, 0.5) is 10.1 Å². The number of amides is 1. The molecule has 0 aliphatic carbocycles.